The molecule has 0 atom stereocenters. The summed E-state index contributed by atoms with van der Waals surface area (Å²) < 4.78 is 0. The lowest BCUT2D eigenvalue weighted by Gasteiger charge is -2.36. The van der Waals surface area contributed by atoms with Crippen molar-refractivity contribution in [3.05, 3.63) is 28.8 Å². The van der Waals surface area contributed by atoms with Crippen molar-refractivity contribution in [2.24, 2.45) is 5.92 Å². The molecular formula is C18H31ClN2. The molecule has 3 heteroatoms. The van der Waals surface area contributed by atoms with Crippen molar-refractivity contribution in [1.82, 2.24) is 5.32 Å². The Morgan fingerprint density at radius 2 is 1.81 bits per heavy atom. The average molecular weight is 311 g/mol. The molecule has 0 radical (unpaired) electrons. The summed E-state index contributed by atoms with van der Waals surface area (Å²) in [6, 6.07) is 6.81. The summed E-state index contributed by atoms with van der Waals surface area (Å²) in [6.07, 6.45) is 2.30. The molecule has 0 fully saturated rings. The van der Waals surface area contributed by atoms with Crippen LogP contribution in [0.2, 0.25) is 5.02 Å². The zero-order valence-electron chi connectivity index (χ0n) is 14.2. The Balaban J connectivity index is 3.21. The first-order valence-corrected chi connectivity index (χ1v) is 8.67. The molecular weight excluding hydrogens is 280 g/mol. The van der Waals surface area contributed by atoms with Crippen LogP contribution in [0, 0.1) is 5.92 Å². The molecule has 0 spiro atoms. The van der Waals surface area contributed by atoms with Gasteiger partial charge in [-0.1, -0.05) is 58.4 Å². The van der Waals surface area contributed by atoms with Crippen LogP contribution in [-0.2, 0) is 6.54 Å². The van der Waals surface area contributed by atoms with Gasteiger partial charge in [0.1, 0.15) is 0 Å². The van der Waals surface area contributed by atoms with E-state index >= 15 is 0 Å². The molecule has 1 rings (SSSR count). The maximum Gasteiger partial charge on any atom is 0.0643 e. The molecule has 0 heterocycles. The van der Waals surface area contributed by atoms with Gasteiger partial charge in [0.2, 0.25) is 0 Å². The number of hydrogen-bond donors (Lipinski definition) is 1. The summed E-state index contributed by atoms with van der Waals surface area (Å²) in [7, 11) is 0. The van der Waals surface area contributed by atoms with Gasteiger partial charge >= 0.3 is 0 Å². The molecule has 0 saturated heterocycles. The second-order valence-electron chi connectivity index (χ2n) is 6.04. The van der Waals surface area contributed by atoms with Crippen LogP contribution >= 0.6 is 11.6 Å². The Hall–Kier alpha value is -0.730. The van der Waals surface area contributed by atoms with Gasteiger partial charge in [0.05, 0.1) is 10.7 Å². The topological polar surface area (TPSA) is 15.3 Å². The molecule has 0 saturated carbocycles. The molecule has 1 aromatic carbocycles. The lowest BCUT2D eigenvalue weighted by molar-refractivity contribution is 0.505. The van der Waals surface area contributed by atoms with E-state index in [0.29, 0.717) is 12.0 Å². The summed E-state index contributed by atoms with van der Waals surface area (Å²) in [5.41, 5.74) is 2.53. The Kier molecular flexibility index (Phi) is 8.13. The maximum atomic E-state index is 6.58. The molecule has 120 valence electrons. The number of anilines is 1. The minimum Gasteiger partial charge on any atom is -0.367 e. The van der Waals surface area contributed by atoms with E-state index in [1.54, 1.807) is 0 Å². The molecule has 1 N–H and O–H groups in total. The Morgan fingerprint density at radius 1 is 1.14 bits per heavy atom. The maximum absolute atomic E-state index is 6.58. The average Bonchev–Trinajstić information content (AvgIpc) is 2.45. The summed E-state index contributed by atoms with van der Waals surface area (Å²) in [6.45, 7) is 14.1. The van der Waals surface area contributed by atoms with Gasteiger partial charge < -0.3 is 10.2 Å². The van der Waals surface area contributed by atoms with Crippen LogP contribution in [0.3, 0.4) is 0 Å². The van der Waals surface area contributed by atoms with E-state index in [0.717, 1.165) is 37.5 Å². The van der Waals surface area contributed by atoms with E-state index in [1.165, 1.54) is 11.3 Å². The molecule has 2 nitrogen and oxygen atoms in total. The van der Waals surface area contributed by atoms with E-state index < -0.39 is 0 Å². The highest BCUT2D eigenvalue weighted by molar-refractivity contribution is 6.33. The third kappa shape index (κ3) is 5.19. The van der Waals surface area contributed by atoms with Crippen molar-refractivity contribution >= 4 is 17.3 Å². The van der Waals surface area contributed by atoms with Gasteiger partial charge in [-0.25, -0.2) is 0 Å². The highest BCUT2D eigenvalue weighted by atomic mass is 35.5. The molecule has 0 aliphatic heterocycles. The normalized spacial score (nSPS) is 11.4. The number of halogens is 1. The van der Waals surface area contributed by atoms with Gasteiger partial charge in [0.25, 0.3) is 0 Å². The predicted octanol–water partition coefficient (Wildman–Crippen LogP) is 5.10. The van der Waals surface area contributed by atoms with Crippen molar-refractivity contribution in [1.29, 1.82) is 0 Å². The van der Waals surface area contributed by atoms with Gasteiger partial charge in [0, 0.05) is 19.1 Å². The Labute approximate surface area is 135 Å². The smallest absolute Gasteiger partial charge is 0.0643 e. The summed E-state index contributed by atoms with van der Waals surface area (Å²) >= 11 is 6.58. The van der Waals surface area contributed by atoms with Crippen molar-refractivity contribution in [3.8, 4) is 0 Å². The highest BCUT2D eigenvalue weighted by Gasteiger charge is 2.21. The first-order valence-electron chi connectivity index (χ1n) is 8.29. The van der Waals surface area contributed by atoms with Crippen molar-refractivity contribution in [2.45, 2.75) is 60.0 Å². The predicted molar refractivity (Wildman–Crippen MR) is 95.4 cm³/mol. The third-order valence-electron chi connectivity index (χ3n) is 3.87. The molecule has 0 amide bonds. The molecule has 1 aromatic rings. The Morgan fingerprint density at radius 3 is 2.33 bits per heavy atom. The fraction of sp³-hybridized carbons (Fsp3) is 0.667. The zero-order chi connectivity index (χ0) is 15.8. The summed E-state index contributed by atoms with van der Waals surface area (Å²) in [5.74, 6) is 0.619. The van der Waals surface area contributed by atoms with Crippen LogP contribution in [0.5, 0.6) is 0 Å². The first kappa shape index (κ1) is 18.3. The summed E-state index contributed by atoms with van der Waals surface area (Å²) in [4.78, 5) is 2.53. The third-order valence-corrected chi connectivity index (χ3v) is 4.17. The van der Waals surface area contributed by atoms with Crippen LogP contribution < -0.4 is 10.2 Å². The van der Waals surface area contributed by atoms with E-state index in [9.17, 15) is 0 Å². The van der Waals surface area contributed by atoms with Crippen LogP contribution in [-0.4, -0.2) is 19.1 Å². The SMILES string of the molecule is CCNCc1cccc(Cl)c1N(CC(C)C)C(CC)CC. The van der Waals surface area contributed by atoms with Crippen molar-refractivity contribution in [3.63, 3.8) is 0 Å². The van der Waals surface area contributed by atoms with Crippen LogP contribution in [0.1, 0.15) is 53.0 Å². The lowest BCUT2D eigenvalue weighted by Crippen LogP contribution is -2.38. The quantitative estimate of drug-likeness (QED) is 0.682. The standard InChI is InChI=1S/C18H31ClN2/c1-6-16(7-2)21(13-14(4)5)18-15(12-20-8-3)10-9-11-17(18)19/h9-11,14,16,20H,6-8,12-13H2,1-5H3. The van der Waals surface area contributed by atoms with Crippen molar-refractivity contribution < 1.29 is 0 Å². The fourth-order valence-electron chi connectivity index (χ4n) is 2.83. The van der Waals surface area contributed by atoms with Gasteiger partial charge in [0.15, 0.2) is 0 Å². The Bertz CT molecular complexity index is 414. The second-order valence-corrected chi connectivity index (χ2v) is 6.45. The van der Waals surface area contributed by atoms with E-state index in [2.05, 4.69) is 57.0 Å². The lowest BCUT2D eigenvalue weighted by atomic mass is 10.0. The minimum absolute atomic E-state index is 0.549. The minimum atomic E-state index is 0.549. The van der Waals surface area contributed by atoms with E-state index in [1.807, 2.05) is 6.07 Å². The van der Waals surface area contributed by atoms with Gasteiger partial charge in [-0.15, -0.1) is 0 Å². The molecule has 0 aliphatic rings. The van der Waals surface area contributed by atoms with Crippen molar-refractivity contribution in [2.75, 3.05) is 18.0 Å². The first-order chi connectivity index (χ1) is 10.0. The largest absolute Gasteiger partial charge is 0.367 e. The molecule has 21 heavy (non-hydrogen) atoms. The zero-order valence-corrected chi connectivity index (χ0v) is 15.0. The fourth-order valence-corrected chi connectivity index (χ4v) is 3.13. The number of benzene rings is 1. The molecule has 0 bridgehead atoms. The number of nitrogens with zero attached hydrogens (tertiary/aromatic N) is 1. The summed E-state index contributed by atoms with van der Waals surface area (Å²) in [5, 5.41) is 4.30. The van der Waals surface area contributed by atoms with Gasteiger partial charge in [-0.2, -0.15) is 0 Å². The van der Waals surface area contributed by atoms with Gasteiger partial charge in [-0.05, 0) is 36.9 Å². The molecule has 0 unspecified atom stereocenters. The number of hydrogen-bond acceptors (Lipinski definition) is 2. The van der Waals surface area contributed by atoms with Crippen LogP contribution in [0.25, 0.3) is 0 Å². The monoisotopic (exact) mass is 310 g/mol. The number of rotatable bonds is 9. The number of para-hydroxylation sites is 1. The number of nitrogens with one attached hydrogen (secondary N) is 1. The van der Waals surface area contributed by atoms with Crippen LogP contribution in [0.15, 0.2) is 18.2 Å². The van der Waals surface area contributed by atoms with E-state index in [-0.39, 0.29) is 0 Å². The second kappa shape index (κ2) is 9.32. The molecule has 0 aliphatic carbocycles. The van der Waals surface area contributed by atoms with Gasteiger partial charge in [-0.3, -0.25) is 0 Å². The van der Waals surface area contributed by atoms with E-state index in [4.69, 9.17) is 11.6 Å². The molecule has 0 aromatic heterocycles. The van der Waals surface area contributed by atoms with Crippen LogP contribution in [0.4, 0.5) is 5.69 Å². The highest BCUT2D eigenvalue weighted by Crippen LogP contribution is 2.33.